The zero-order chi connectivity index (χ0) is 22.5. The van der Waals surface area contributed by atoms with Gasteiger partial charge in [0, 0.05) is 30.3 Å². The fraction of sp³-hybridized carbons (Fsp3) is 0.217. The predicted molar refractivity (Wildman–Crippen MR) is 119 cm³/mol. The highest BCUT2D eigenvalue weighted by Crippen LogP contribution is 2.29. The number of hydrogen-bond donors (Lipinski definition) is 2. The lowest BCUT2D eigenvalue weighted by Gasteiger charge is -2.24. The molecule has 0 saturated carbocycles. The van der Waals surface area contributed by atoms with Crippen LogP contribution in [0.5, 0.6) is 11.5 Å². The van der Waals surface area contributed by atoms with Gasteiger partial charge in [0.05, 0.1) is 26.5 Å². The van der Waals surface area contributed by atoms with Crippen LogP contribution in [0.3, 0.4) is 0 Å². The van der Waals surface area contributed by atoms with E-state index in [0.717, 1.165) is 16.8 Å². The third-order valence-corrected chi connectivity index (χ3v) is 5.08. The number of benzene rings is 2. The van der Waals surface area contributed by atoms with Crippen molar-refractivity contribution in [2.75, 3.05) is 19.5 Å². The first-order valence-electron chi connectivity index (χ1n) is 10.1. The van der Waals surface area contributed by atoms with E-state index in [-0.39, 0.29) is 11.8 Å². The first kappa shape index (κ1) is 21.1. The summed E-state index contributed by atoms with van der Waals surface area (Å²) >= 11 is 0. The molecule has 9 nitrogen and oxygen atoms in total. The molecular formula is C23H23N5O4. The van der Waals surface area contributed by atoms with E-state index in [1.165, 1.54) is 11.2 Å². The summed E-state index contributed by atoms with van der Waals surface area (Å²) in [7, 11) is 3.17. The van der Waals surface area contributed by atoms with Gasteiger partial charge in [0.25, 0.3) is 5.91 Å². The van der Waals surface area contributed by atoms with Gasteiger partial charge in [-0.2, -0.15) is 10.2 Å². The minimum Gasteiger partial charge on any atom is -0.493 e. The Labute approximate surface area is 185 Å². The molecule has 0 atom stereocenters. The van der Waals surface area contributed by atoms with Crippen molar-refractivity contribution in [2.45, 2.75) is 19.4 Å². The summed E-state index contributed by atoms with van der Waals surface area (Å²) in [6.45, 7) is 0.295. The topological polar surface area (TPSA) is 109 Å². The number of carbonyl (C=O) groups excluding carboxylic acids is 2. The van der Waals surface area contributed by atoms with Crippen LogP contribution in [0.2, 0.25) is 0 Å². The van der Waals surface area contributed by atoms with Crippen LogP contribution in [0.1, 0.15) is 34.5 Å². The molecule has 2 aromatic carbocycles. The van der Waals surface area contributed by atoms with E-state index >= 15 is 0 Å². The Balaban J connectivity index is 1.52. The Kier molecular flexibility index (Phi) is 6.16. The van der Waals surface area contributed by atoms with Crippen LogP contribution in [0, 0.1) is 0 Å². The highest BCUT2D eigenvalue weighted by molar-refractivity contribution is 6.04. The molecule has 1 aromatic heterocycles. The van der Waals surface area contributed by atoms with E-state index in [4.69, 9.17) is 9.47 Å². The summed E-state index contributed by atoms with van der Waals surface area (Å²) in [6.07, 6.45) is 2.43. The van der Waals surface area contributed by atoms with Gasteiger partial charge in [-0.3, -0.25) is 14.7 Å². The van der Waals surface area contributed by atoms with Crippen molar-refractivity contribution in [3.05, 3.63) is 71.5 Å². The summed E-state index contributed by atoms with van der Waals surface area (Å²) in [5.74, 6) is 0.898. The Hall–Kier alpha value is -4.14. The minimum absolute atomic E-state index is 0.0545. The maximum atomic E-state index is 12.5. The normalized spacial score (nSPS) is 13.5. The third-order valence-electron chi connectivity index (χ3n) is 5.08. The molecule has 0 aliphatic carbocycles. The summed E-state index contributed by atoms with van der Waals surface area (Å²) in [4.78, 5) is 24.7. The second-order valence-electron chi connectivity index (χ2n) is 7.19. The van der Waals surface area contributed by atoms with E-state index < -0.39 is 0 Å². The Morgan fingerprint density at radius 3 is 2.69 bits per heavy atom. The quantitative estimate of drug-likeness (QED) is 0.595. The molecule has 4 rings (SSSR count). The third kappa shape index (κ3) is 4.61. The molecule has 9 heteroatoms. The van der Waals surface area contributed by atoms with Crippen molar-refractivity contribution in [1.29, 1.82) is 0 Å². The van der Waals surface area contributed by atoms with E-state index in [2.05, 4.69) is 20.6 Å². The molecule has 1 aliphatic heterocycles. The van der Waals surface area contributed by atoms with Crippen molar-refractivity contribution in [3.63, 3.8) is 0 Å². The molecule has 32 heavy (non-hydrogen) atoms. The molecule has 3 aromatic rings. The van der Waals surface area contributed by atoms with Gasteiger partial charge >= 0.3 is 0 Å². The summed E-state index contributed by atoms with van der Waals surface area (Å²) in [6, 6.07) is 14.5. The van der Waals surface area contributed by atoms with E-state index in [1.807, 2.05) is 36.4 Å². The van der Waals surface area contributed by atoms with E-state index in [0.29, 0.717) is 42.3 Å². The van der Waals surface area contributed by atoms with Crippen molar-refractivity contribution in [3.8, 4) is 11.5 Å². The monoisotopic (exact) mass is 433 g/mol. The van der Waals surface area contributed by atoms with Crippen molar-refractivity contribution < 1.29 is 19.1 Å². The number of carbonyl (C=O) groups is 2. The molecule has 0 saturated heterocycles. The maximum Gasteiger partial charge on any atom is 0.273 e. The second kappa shape index (κ2) is 9.34. The van der Waals surface area contributed by atoms with Gasteiger partial charge in [0.15, 0.2) is 11.5 Å². The smallest absolute Gasteiger partial charge is 0.273 e. The van der Waals surface area contributed by atoms with Crippen molar-refractivity contribution in [1.82, 2.24) is 15.2 Å². The molecule has 1 aliphatic rings. The number of rotatable bonds is 7. The first-order chi connectivity index (χ1) is 15.6. The number of nitrogens with zero attached hydrogens (tertiary/aromatic N) is 3. The average molecular weight is 433 g/mol. The molecule has 0 fully saturated rings. The Morgan fingerprint density at radius 1 is 1.09 bits per heavy atom. The zero-order valence-corrected chi connectivity index (χ0v) is 17.8. The summed E-state index contributed by atoms with van der Waals surface area (Å²) in [5, 5.41) is 15.3. The Bertz CT molecular complexity index is 1160. The fourth-order valence-electron chi connectivity index (χ4n) is 3.45. The standard InChI is InChI=1S/C23H23N5O4/c1-31-20-8-6-16(13-21(20)32-2)18-7-9-22(29)28(27-18)14-15-4-3-5-17(12-15)25-23(30)19-10-11-24-26-19/h3-6,8,10-13H,7,9,14H2,1-2H3,(H,24,26)(H,25,30). The minimum atomic E-state index is -0.289. The molecule has 0 unspecified atom stereocenters. The molecule has 2 amide bonds. The van der Waals surface area contributed by atoms with Gasteiger partial charge in [0.1, 0.15) is 5.69 Å². The number of nitrogens with one attached hydrogen (secondary N) is 2. The van der Waals surface area contributed by atoms with Crippen molar-refractivity contribution in [2.24, 2.45) is 5.10 Å². The molecule has 164 valence electrons. The number of methoxy groups -OCH3 is 2. The van der Waals surface area contributed by atoms with Crippen LogP contribution < -0.4 is 14.8 Å². The lowest BCUT2D eigenvalue weighted by molar-refractivity contribution is -0.132. The van der Waals surface area contributed by atoms with Crippen LogP contribution in [-0.4, -0.2) is 47.0 Å². The lowest BCUT2D eigenvalue weighted by Crippen LogP contribution is -2.31. The van der Waals surface area contributed by atoms with E-state index in [1.54, 1.807) is 26.4 Å². The van der Waals surface area contributed by atoms with E-state index in [9.17, 15) is 9.59 Å². The number of ether oxygens (including phenoxy) is 2. The second-order valence-corrected chi connectivity index (χ2v) is 7.19. The molecule has 2 N–H and O–H groups in total. The summed E-state index contributed by atoms with van der Waals surface area (Å²) < 4.78 is 10.7. The SMILES string of the molecule is COc1ccc(C2=NN(Cc3cccc(NC(=O)c4ccn[nH]4)c3)C(=O)CC2)cc1OC. The highest BCUT2D eigenvalue weighted by atomic mass is 16.5. The molecular weight excluding hydrogens is 410 g/mol. The molecule has 0 spiro atoms. The van der Waals surface area contributed by atoms with Gasteiger partial charge < -0.3 is 14.8 Å². The Morgan fingerprint density at radius 2 is 1.94 bits per heavy atom. The maximum absolute atomic E-state index is 12.5. The van der Waals surface area contributed by atoms with Gasteiger partial charge in [0.2, 0.25) is 5.91 Å². The number of hydrogen-bond acceptors (Lipinski definition) is 6. The first-order valence-corrected chi connectivity index (χ1v) is 10.1. The van der Waals surface area contributed by atoms with Crippen molar-refractivity contribution >= 4 is 23.2 Å². The number of aromatic nitrogens is 2. The van der Waals surface area contributed by atoms with Crippen LogP contribution >= 0.6 is 0 Å². The summed E-state index contributed by atoms with van der Waals surface area (Å²) in [5.41, 5.74) is 3.51. The molecule has 2 heterocycles. The van der Waals surface area contributed by atoms with Crippen LogP contribution in [0.4, 0.5) is 5.69 Å². The number of anilines is 1. The van der Waals surface area contributed by atoms with Gasteiger partial charge in [-0.05, 0) is 42.0 Å². The largest absolute Gasteiger partial charge is 0.493 e. The van der Waals surface area contributed by atoms with Crippen LogP contribution in [-0.2, 0) is 11.3 Å². The van der Waals surface area contributed by atoms with Gasteiger partial charge in [-0.1, -0.05) is 12.1 Å². The number of aromatic amines is 1. The number of hydrazone groups is 1. The molecule has 0 radical (unpaired) electrons. The lowest BCUT2D eigenvalue weighted by atomic mass is 10.0. The number of amides is 2. The van der Waals surface area contributed by atoms with Crippen LogP contribution in [0.15, 0.2) is 59.8 Å². The van der Waals surface area contributed by atoms with Gasteiger partial charge in [-0.15, -0.1) is 0 Å². The average Bonchev–Trinajstić information content (AvgIpc) is 3.35. The number of H-pyrrole nitrogens is 1. The van der Waals surface area contributed by atoms with Gasteiger partial charge in [-0.25, -0.2) is 5.01 Å². The molecule has 0 bridgehead atoms. The predicted octanol–water partition coefficient (Wildman–Crippen LogP) is 3.21. The zero-order valence-electron chi connectivity index (χ0n) is 17.8. The highest BCUT2D eigenvalue weighted by Gasteiger charge is 2.22. The fourth-order valence-corrected chi connectivity index (χ4v) is 3.45. The van der Waals surface area contributed by atoms with Crippen LogP contribution in [0.25, 0.3) is 0 Å².